The summed E-state index contributed by atoms with van der Waals surface area (Å²) in [6, 6.07) is 0. The zero-order chi connectivity index (χ0) is 62.4. The lowest BCUT2D eigenvalue weighted by Gasteiger charge is -2.35. The fraction of sp³-hybridized carbons (Fsp3) is 0.673. The van der Waals surface area contributed by atoms with Crippen LogP contribution in [0.4, 0.5) is 0 Å². The van der Waals surface area contributed by atoms with Crippen molar-refractivity contribution in [3.8, 4) is 0 Å². The maximum atomic E-state index is 14.6. The topological polar surface area (TPSA) is 421 Å². The maximum Gasteiger partial charge on any atom is 0.355 e. The lowest BCUT2D eigenvalue weighted by atomic mass is 9.85. The van der Waals surface area contributed by atoms with Crippen LogP contribution in [0.15, 0.2) is 0 Å². The molecule has 0 unspecified atom stereocenters. The van der Waals surface area contributed by atoms with E-state index < -0.39 is 228 Å². The van der Waals surface area contributed by atoms with Crippen LogP contribution in [-0.4, -0.2) is 201 Å². The molecule has 32 nitrogen and oxygen atoms in total. The average Bonchev–Trinajstić information content (AvgIpc) is 3.40. The summed E-state index contributed by atoms with van der Waals surface area (Å²) in [5.41, 5.74) is -19.1. The summed E-state index contributed by atoms with van der Waals surface area (Å²) in [7, 11) is 0. The summed E-state index contributed by atoms with van der Waals surface area (Å²) in [6.45, 7) is -1.89. The Morgan fingerprint density at radius 3 is 0.346 bits per heavy atom. The Labute approximate surface area is 463 Å². The number of hydrogen-bond acceptors (Lipinski definition) is 32. The summed E-state index contributed by atoms with van der Waals surface area (Å²) < 4.78 is 80.0. The van der Waals surface area contributed by atoms with Crippen LogP contribution in [0.25, 0.3) is 0 Å². The summed E-state index contributed by atoms with van der Waals surface area (Å²) in [5.74, 6) is -33.8. The van der Waals surface area contributed by atoms with Gasteiger partial charge in [-0.2, -0.15) is 0 Å². The minimum Gasteiger partial charge on any atom is -0.464 e. The van der Waals surface area contributed by atoms with E-state index >= 15 is 0 Å². The highest BCUT2D eigenvalue weighted by Crippen LogP contribution is 2.35. The standard InChI is InChI=1S/C49H68O32/c1-13-66-29(50)46(30(51)67-14-2,31(52)68-15-3)41(62)78-25-45(26-79-42(63)47(32(53)69-16-4,33(54)70-17-5)34(55)71-18-6,27-80-43(64)48(35(56)72-19-7,36(57)73-20-8)37(58)74-21-9)28-81-44(65)49(38(59)75-22-10,39(60)76-23-11)40(61)77-24-12/h13-28H2,1-12H3. The number of carbonyl (C=O) groups is 16. The predicted molar refractivity (Wildman–Crippen MR) is 256 cm³/mol. The second-order valence-corrected chi connectivity index (χ2v) is 15.5. The number of ether oxygens (including phenoxy) is 16. The molecule has 32 heteroatoms. The molecular formula is C49H68O32. The van der Waals surface area contributed by atoms with Crippen LogP contribution in [0.3, 0.4) is 0 Å². The van der Waals surface area contributed by atoms with Gasteiger partial charge in [0, 0.05) is 0 Å². The molecule has 0 saturated heterocycles. The molecule has 456 valence electrons. The van der Waals surface area contributed by atoms with E-state index in [-0.39, 0.29) is 0 Å². The average molecular weight is 1170 g/mol. The van der Waals surface area contributed by atoms with E-state index in [4.69, 9.17) is 75.8 Å². The Hall–Kier alpha value is -8.48. The molecule has 0 aliphatic rings. The van der Waals surface area contributed by atoms with Gasteiger partial charge in [0.05, 0.1) is 79.3 Å². The summed E-state index contributed by atoms with van der Waals surface area (Å²) in [4.78, 5) is 224. The van der Waals surface area contributed by atoms with Crippen molar-refractivity contribution in [2.75, 3.05) is 106 Å². The molecule has 0 rings (SSSR count). The summed E-state index contributed by atoms with van der Waals surface area (Å²) >= 11 is 0. The Kier molecular flexibility index (Phi) is 30.9. The van der Waals surface area contributed by atoms with Gasteiger partial charge in [-0.05, 0) is 83.1 Å². The normalized spacial score (nSPS) is 11.3. The summed E-state index contributed by atoms with van der Waals surface area (Å²) in [5, 5.41) is 0. The highest BCUT2D eigenvalue weighted by atomic mass is 16.6. The van der Waals surface area contributed by atoms with Crippen molar-refractivity contribution in [1.82, 2.24) is 0 Å². The van der Waals surface area contributed by atoms with Gasteiger partial charge in [0.15, 0.2) is 0 Å². The number of carbonyl (C=O) groups excluding carboxylic acids is 16. The van der Waals surface area contributed by atoms with E-state index in [0.29, 0.717) is 0 Å². The molecule has 0 aromatic carbocycles. The van der Waals surface area contributed by atoms with E-state index in [2.05, 4.69) is 0 Å². The molecule has 0 bridgehead atoms. The minimum atomic E-state index is -3.95. The molecule has 0 amide bonds. The molecule has 0 aliphatic heterocycles. The molecule has 0 aromatic rings. The number of esters is 16. The first-order valence-corrected chi connectivity index (χ1v) is 25.1. The van der Waals surface area contributed by atoms with Gasteiger partial charge in [0.25, 0.3) is 0 Å². The number of rotatable bonds is 36. The van der Waals surface area contributed by atoms with E-state index in [1.807, 2.05) is 0 Å². The van der Waals surface area contributed by atoms with E-state index in [1.165, 1.54) is 0 Å². The highest BCUT2D eigenvalue weighted by Gasteiger charge is 2.70. The number of hydrogen-bond donors (Lipinski definition) is 0. The first kappa shape index (κ1) is 72.5. The highest BCUT2D eigenvalue weighted by molar-refractivity contribution is 6.35. The third-order valence-corrected chi connectivity index (χ3v) is 10.2. The van der Waals surface area contributed by atoms with Crippen molar-refractivity contribution in [1.29, 1.82) is 0 Å². The van der Waals surface area contributed by atoms with Crippen molar-refractivity contribution in [2.24, 2.45) is 27.1 Å². The molecule has 0 fully saturated rings. The molecule has 81 heavy (non-hydrogen) atoms. The third-order valence-electron chi connectivity index (χ3n) is 10.2. The van der Waals surface area contributed by atoms with Crippen LogP contribution in [-0.2, 0) is 153 Å². The molecule has 0 N–H and O–H groups in total. The van der Waals surface area contributed by atoms with E-state index in [9.17, 15) is 76.7 Å². The SMILES string of the molecule is CCOC(=O)C(C(=O)OCC)(C(=O)OCC)C(=O)OCC(COC(=O)C(C(=O)OCC)(C(=O)OCC)C(=O)OCC)(COC(=O)C(C(=O)OCC)(C(=O)OCC)C(=O)OCC)COC(=O)C(C(=O)OCC)(C(=O)OCC)C(=O)OCC. The molecule has 0 radical (unpaired) electrons. The fourth-order valence-corrected chi connectivity index (χ4v) is 6.43. The zero-order valence-corrected chi connectivity index (χ0v) is 46.9. The largest absolute Gasteiger partial charge is 0.464 e. The van der Waals surface area contributed by atoms with Crippen LogP contribution in [0.5, 0.6) is 0 Å². The smallest absolute Gasteiger partial charge is 0.355 e. The van der Waals surface area contributed by atoms with Gasteiger partial charge in [-0.3, -0.25) is 0 Å². The Morgan fingerprint density at radius 1 is 0.173 bits per heavy atom. The second kappa shape index (κ2) is 34.5. The monoisotopic (exact) mass is 1170 g/mol. The van der Waals surface area contributed by atoms with Crippen molar-refractivity contribution in [3.63, 3.8) is 0 Å². The zero-order valence-electron chi connectivity index (χ0n) is 46.9. The van der Waals surface area contributed by atoms with Crippen molar-refractivity contribution >= 4 is 95.5 Å². The maximum absolute atomic E-state index is 14.6. The molecule has 0 aliphatic carbocycles. The first-order valence-electron chi connectivity index (χ1n) is 25.1. The fourth-order valence-electron chi connectivity index (χ4n) is 6.43. The molecule has 0 spiro atoms. The Morgan fingerprint density at radius 2 is 0.259 bits per heavy atom. The second-order valence-electron chi connectivity index (χ2n) is 15.5. The molecule has 0 atom stereocenters. The van der Waals surface area contributed by atoms with Crippen LogP contribution >= 0.6 is 0 Å². The van der Waals surface area contributed by atoms with Gasteiger partial charge in [0.2, 0.25) is 0 Å². The van der Waals surface area contributed by atoms with E-state index in [1.54, 1.807) is 0 Å². The first-order chi connectivity index (χ1) is 38.3. The van der Waals surface area contributed by atoms with Crippen LogP contribution < -0.4 is 0 Å². The Balaban J connectivity index is 9.56. The van der Waals surface area contributed by atoms with Crippen molar-refractivity contribution < 1.29 is 153 Å². The minimum absolute atomic E-state index is 0.673. The molecule has 0 heterocycles. The molecular weight excluding hydrogens is 1100 g/mol. The van der Waals surface area contributed by atoms with Crippen molar-refractivity contribution in [3.05, 3.63) is 0 Å². The quantitative estimate of drug-likeness (QED) is 0.0406. The van der Waals surface area contributed by atoms with Gasteiger partial charge in [0.1, 0.15) is 31.8 Å². The Bertz CT molecular complexity index is 1810. The lowest BCUT2D eigenvalue weighted by Crippen LogP contribution is -2.59. The predicted octanol–water partition coefficient (Wildman–Crippen LogP) is -1.15. The van der Waals surface area contributed by atoms with Gasteiger partial charge in [-0.25, -0.2) is 76.7 Å². The van der Waals surface area contributed by atoms with Gasteiger partial charge in [-0.1, -0.05) is 0 Å². The molecule has 0 saturated carbocycles. The van der Waals surface area contributed by atoms with Crippen LogP contribution in [0, 0.1) is 27.1 Å². The molecule has 0 aromatic heterocycles. The van der Waals surface area contributed by atoms with E-state index in [0.717, 1.165) is 83.1 Å². The van der Waals surface area contributed by atoms with Gasteiger partial charge in [-0.15, -0.1) is 0 Å². The summed E-state index contributed by atoms with van der Waals surface area (Å²) in [6.07, 6.45) is 0. The lowest BCUT2D eigenvalue weighted by molar-refractivity contribution is -0.195. The van der Waals surface area contributed by atoms with Crippen molar-refractivity contribution in [2.45, 2.75) is 83.1 Å². The van der Waals surface area contributed by atoms with Gasteiger partial charge < -0.3 is 75.8 Å². The van der Waals surface area contributed by atoms with Gasteiger partial charge >= 0.3 is 117 Å². The van der Waals surface area contributed by atoms with Crippen LogP contribution in [0.2, 0.25) is 0 Å². The van der Waals surface area contributed by atoms with Crippen LogP contribution in [0.1, 0.15) is 83.1 Å². The third kappa shape index (κ3) is 15.9.